The van der Waals surface area contributed by atoms with Gasteiger partial charge in [-0.2, -0.15) is 0 Å². The lowest BCUT2D eigenvalue weighted by molar-refractivity contribution is -0.0346. The molecule has 0 saturated carbocycles. The fraction of sp³-hybridized carbons (Fsp3) is 0.333. The third kappa shape index (κ3) is 4.19. The van der Waals surface area contributed by atoms with Crippen LogP contribution in [0.3, 0.4) is 0 Å². The lowest BCUT2D eigenvalue weighted by atomic mass is 9.98. The van der Waals surface area contributed by atoms with Gasteiger partial charge in [0.1, 0.15) is 0 Å². The highest BCUT2D eigenvalue weighted by Crippen LogP contribution is 2.15. The number of rotatable bonds is 7. The normalized spacial score (nSPS) is 13.9. The van der Waals surface area contributed by atoms with E-state index in [-0.39, 0.29) is 12.2 Å². The third-order valence-corrected chi connectivity index (χ3v) is 3.58. The third-order valence-electron chi connectivity index (χ3n) is 3.58. The molecule has 0 heterocycles. The predicted molar refractivity (Wildman–Crippen MR) is 81.9 cm³/mol. The van der Waals surface area contributed by atoms with Crippen molar-refractivity contribution in [2.24, 2.45) is 0 Å². The van der Waals surface area contributed by atoms with E-state index in [1.807, 2.05) is 12.1 Å². The first kappa shape index (κ1) is 14.8. The van der Waals surface area contributed by atoms with E-state index in [9.17, 15) is 0 Å². The Hall–Kier alpha value is -1.64. The van der Waals surface area contributed by atoms with Gasteiger partial charge in [-0.25, -0.2) is 0 Å². The van der Waals surface area contributed by atoms with Gasteiger partial charge in [0.15, 0.2) is 0 Å². The van der Waals surface area contributed by atoms with Crippen LogP contribution in [-0.4, -0.2) is 26.4 Å². The number of benzene rings is 2. The van der Waals surface area contributed by atoms with Gasteiger partial charge in [0.05, 0.1) is 12.2 Å². The van der Waals surface area contributed by atoms with Crippen molar-refractivity contribution in [2.75, 3.05) is 14.2 Å². The predicted octanol–water partition coefficient (Wildman–Crippen LogP) is 3.50. The van der Waals surface area contributed by atoms with Crippen LogP contribution in [0.2, 0.25) is 0 Å². The van der Waals surface area contributed by atoms with Gasteiger partial charge in [-0.3, -0.25) is 0 Å². The van der Waals surface area contributed by atoms with Crippen molar-refractivity contribution >= 4 is 0 Å². The van der Waals surface area contributed by atoms with E-state index >= 15 is 0 Å². The molecule has 0 amide bonds. The van der Waals surface area contributed by atoms with E-state index in [4.69, 9.17) is 9.47 Å². The summed E-state index contributed by atoms with van der Waals surface area (Å²) in [6, 6.07) is 20.8. The van der Waals surface area contributed by atoms with Gasteiger partial charge in [-0.05, 0) is 11.1 Å². The van der Waals surface area contributed by atoms with E-state index < -0.39 is 0 Å². The molecule has 20 heavy (non-hydrogen) atoms. The molecule has 2 rings (SSSR count). The van der Waals surface area contributed by atoms with Gasteiger partial charge in [0.2, 0.25) is 0 Å². The number of hydrogen-bond acceptors (Lipinski definition) is 2. The zero-order chi connectivity index (χ0) is 14.2. The van der Waals surface area contributed by atoms with Gasteiger partial charge in [0, 0.05) is 27.1 Å². The molecule has 0 bridgehead atoms. The number of methoxy groups -OCH3 is 2. The largest absolute Gasteiger partial charge is 0.378 e. The van der Waals surface area contributed by atoms with Crippen molar-refractivity contribution in [1.29, 1.82) is 0 Å². The summed E-state index contributed by atoms with van der Waals surface area (Å²) < 4.78 is 11.3. The Balaban J connectivity index is 2.04. The average Bonchev–Trinajstić information content (AvgIpc) is 2.52. The zero-order valence-corrected chi connectivity index (χ0v) is 12.2. The van der Waals surface area contributed by atoms with E-state index in [0.717, 1.165) is 12.8 Å². The minimum atomic E-state index is 0.0580. The average molecular weight is 270 g/mol. The molecule has 2 atom stereocenters. The van der Waals surface area contributed by atoms with Crippen LogP contribution in [0.1, 0.15) is 11.1 Å². The van der Waals surface area contributed by atoms with Crippen LogP contribution >= 0.6 is 0 Å². The van der Waals surface area contributed by atoms with Crippen LogP contribution in [0.25, 0.3) is 0 Å². The Bertz CT molecular complexity index is 434. The molecular formula is C18H22O2. The molecule has 0 aliphatic carbocycles. The van der Waals surface area contributed by atoms with Crippen LogP contribution in [0.15, 0.2) is 60.7 Å². The minimum absolute atomic E-state index is 0.0580. The Morgan fingerprint density at radius 3 is 1.30 bits per heavy atom. The van der Waals surface area contributed by atoms with Crippen LogP contribution in [0, 0.1) is 0 Å². The molecular weight excluding hydrogens is 248 g/mol. The maximum Gasteiger partial charge on any atom is 0.0876 e. The summed E-state index contributed by atoms with van der Waals surface area (Å²) in [6.45, 7) is 0. The second-order valence-corrected chi connectivity index (χ2v) is 4.93. The molecule has 0 fully saturated rings. The van der Waals surface area contributed by atoms with Gasteiger partial charge < -0.3 is 9.47 Å². The first-order valence-corrected chi connectivity index (χ1v) is 6.97. The van der Waals surface area contributed by atoms with E-state index in [1.165, 1.54) is 11.1 Å². The molecule has 106 valence electrons. The quantitative estimate of drug-likeness (QED) is 0.766. The fourth-order valence-electron chi connectivity index (χ4n) is 2.43. The standard InChI is InChI=1S/C18H22O2/c1-19-17(13-15-9-5-3-6-10-15)18(20-2)14-16-11-7-4-8-12-16/h3-12,17-18H,13-14H2,1-2H3. The monoisotopic (exact) mass is 270 g/mol. The molecule has 0 aliphatic heterocycles. The molecule has 2 aromatic carbocycles. The zero-order valence-electron chi connectivity index (χ0n) is 12.2. The minimum Gasteiger partial charge on any atom is -0.378 e. The first-order chi connectivity index (χ1) is 9.83. The summed E-state index contributed by atoms with van der Waals surface area (Å²) in [5.74, 6) is 0. The highest BCUT2D eigenvalue weighted by molar-refractivity contribution is 5.18. The highest BCUT2D eigenvalue weighted by Gasteiger charge is 2.21. The van der Waals surface area contributed by atoms with E-state index in [0.29, 0.717) is 0 Å². The summed E-state index contributed by atoms with van der Waals surface area (Å²) in [7, 11) is 3.51. The van der Waals surface area contributed by atoms with Crippen molar-refractivity contribution in [3.8, 4) is 0 Å². The summed E-state index contributed by atoms with van der Waals surface area (Å²) >= 11 is 0. The Morgan fingerprint density at radius 1 is 0.650 bits per heavy atom. The first-order valence-electron chi connectivity index (χ1n) is 6.97. The lowest BCUT2D eigenvalue weighted by Crippen LogP contribution is -2.33. The van der Waals surface area contributed by atoms with Crippen molar-refractivity contribution in [1.82, 2.24) is 0 Å². The molecule has 2 heteroatoms. The summed E-state index contributed by atoms with van der Waals surface area (Å²) in [5, 5.41) is 0. The van der Waals surface area contributed by atoms with Crippen molar-refractivity contribution in [2.45, 2.75) is 25.0 Å². The van der Waals surface area contributed by atoms with Crippen LogP contribution < -0.4 is 0 Å². The summed E-state index contributed by atoms with van der Waals surface area (Å²) in [4.78, 5) is 0. The molecule has 0 aromatic heterocycles. The molecule has 0 radical (unpaired) electrons. The van der Waals surface area contributed by atoms with E-state index in [2.05, 4.69) is 48.5 Å². The molecule has 0 saturated heterocycles. The summed E-state index contributed by atoms with van der Waals surface area (Å²) in [6.07, 6.45) is 1.84. The van der Waals surface area contributed by atoms with Crippen molar-refractivity contribution < 1.29 is 9.47 Å². The van der Waals surface area contributed by atoms with Gasteiger partial charge in [-0.1, -0.05) is 60.7 Å². The van der Waals surface area contributed by atoms with Crippen LogP contribution in [-0.2, 0) is 22.3 Å². The number of hydrogen-bond donors (Lipinski definition) is 0. The maximum atomic E-state index is 5.65. The molecule has 0 spiro atoms. The van der Waals surface area contributed by atoms with Gasteiger partial charge in [0.25, 0.3) is 0 Å². The molecule has 2 aromatic rings. The summed E-state index contributed by atoms with van der Waals surface area (Å²) in [5.41, 5.74) is 2.55. The van der Waals surface area contributed by atoms with Crippen molar-refractivity contribution in [3.05, 3.63) is 71.8 Å². The second kappa shape index (κ2) is 7.83. The Morgan fingerprint density at radius 2 is 1.00 bits per heavy atom. The Labute approximate surface area is 121 Å². The smallest absolute Gasteiger partial charge is 0.0876 e. The Kier molecular flexibility index (Phi) is 5.78. The lowest BCUT2D eigenvalue weighted by Gasteiger charge is -2.25. The van der Waals surface area contributed by atoms with Crippen molar-refractivity contribution in [3.63, 3.8) is 0 Å². The number of ether oxygens (including phenoxy) is 2. The molecule has 2 nitrogen and oxygen atoms in total. The fourth-order valence-corrected chi connectivity index (χ4v) is 2.43. The van der Waals surface area contributed by atoms with E-state index in [1.54, 1.807) is 14.2 Å². The topological polar surface area (TPSA) is 18.5 Å². The SMILES string of the molecule is COC(Cc1ccccc1)C(Cc1ccccc1)OC. The molecule has 0 aliphatic rings. The highest BCUT2D eigenvalue weighted by atomic mass is 16.5. The van der Waals surface area contributed by atoms with Gasteiger partial charge in [-0.15, -0.1) is 0 Å². The molecule has 2 unspecified atom stereocenters. The van der Waals surface area contributed by atoms with Crippen LogP contribution in [0.4, 0.5) is 0 Å². The van der Waals surface area contributed by atoms with Gasteiger partial charge >= 0.3 is 0 Å². The second-order valence-electron chi connectivity index (χ2n) is 4.93. The van der Waals surface area contributed by atoms with Crippen LogP contribution in [0.5, 0.6) is 0 Å². The maximum absolute atomic E-state index is 5.65. The molecule has 0 N–H and O–H groups in total.